The van der Waals surface area contributed by atoms with Crippen LogP contribution in [0, 0.1) is 23.1 Å². The van der Waals surface area contributed by atoms with Gasteiger partial charge in [0, 0.05) is 64.0 Å². The highest BCUT2D eigenvalue weighted by atomic mass is 35.5. The van der Waals surface area contributed by atoms with Gasteiger partial charge in [-0.25, -0.2) is 4.39 Å². The number of fused-ring (bicyclic) bond motifs is 1. The number of imide groups is 2. The van der Waals surface area contributed by atoms with Crippen molar-refractivity contribution in [2.75, 3.05) is 60.9 Å². The van der Waals surface area contributed by atoms with Crippen LogP contribution in [0.15, 0.2) is 66.7 Å². The van der Waals surface area contributed by atoms with E-state index in [0.29, 0.717) is 65.7 Å². The molecule has 4 aliphatic rings. The number of halogens is 2. The van der Waals surface area contributed by atoms with Crippen molar-refractivity contribution in [2.24, 2.45) is 5.92 Å². The van der Waals surface area contributed by atoms with Crippen molar-refractivity contribution in [2.45, 2.75) is 31.7 Å². The van der Waals surface area contributed by atoms with Crippen molar-refractivity contribution in [1.82, 2.24) is 25.3 Å². The first-order chi connectivity index (χ1) is 28.0. The number of aromatic nitrogens is 2. The Hall–Kier alpha value is -6.44. The molecule has 5 heterocycles. The summed E-state index contributed by atoms with van der Waals surface area (Å²) in [6, 6.07) is 18.5. The largest absolute Gasteiger partial charge is 0.457 e. The molecule has 0 radical (unpaired) electrons. The first kappa shape index (κ1) is 38.4. The summed E-state index contributed by atoms with van der Waals surface area (Å²) in [5.74, 6) is -1.40. The number of nitrogens with one attached hydrogen (secondary N) is 2. The van der Waals surface area contributed by atoms with Gasteiger partial charge in [0.15, 0.2) is 11.5 Å². The summed E-state index contributed by atoms with van der Waals surface area (Å²) in [4.78, 5) is 70.5. The molecule has 15 nitrogen and oxygen atoms in total. The summed E-state index contributed by atoms with van der Waals surface area (Å²) in [6.45, 7) is 4.95. The number of hydrogen-bond donors (Lipinski definition) is 2. The number of nitriles is 1. The molecule has 1 atom stereocenters. The average molecular weight is 806 g/mol. The molecule has 1 aromatic heterocycles. The summed E-state index contributed by atoms with van der Waals surface area (Å²) in [5, 5.41) is 22.9. The molecule has 1 unspecified atom stereocenters. The van der Waals surface area contributed by atoms with Crippen molar-refractivity contribution in [1.29, 1.82) is 5.26 Å². The molecular formula is C41H37ClFN9O6. The van der Waals surface area contributed by atoms with E-state index in [1.165, 1.54) is 6.07 Å². The molecule has 4 aliphatic heterocycles. The molecule has 3 aromatic carbocycles. The van der Waals surface area contributed by atoms with Gasteiger partial charge in [0.2, 0.25) is 11.8 Å². The van der Waals surface area contributed by atoms with E-state index in [2.05, 4.69) is 30.6 Å². The van der Waals surface area contributed by atoms with Crippen LogP contribution in [0.3, 0.4) is 0 Å². The minimum atomic E-state index is -1.11. The number of piperazine rings is 1. The average Bonchev–Trinajstić information content (AvgIpc) is 3.46. The number of piperidine rings is 2. The van der Waals surface area contributed by atoms with Gasteiger partial charge in [0.1, 0.15) is 29.4 Å². The smallest absolute Gasteiger partial charge is 0.276 e. The number of carbonyl (C=O) groups excluding carboxylic acids is 5. The van der Waals surface area contributed by atoms with Crippen LogP contribution in [-0.2, 0) is 9.59 Å². The quantitative estimate of drug-likeness (QED) is 0.225. The zero-order chi connectivity index (χ0) is 40.5. The van der Waals surface area contributed by atoms with Crippen LogP contribution in [0.5, 0.6) is 11.5 Å². The molecule has 0 aliphatic carbocycles. The number of anilines is 3. The van der Waals surface area contributed by atoms with E-state index in [1.54, 1.807) is 54.6 Å². The summed E-state index contributed by atoms with van der Waals surface area (Å²) >= 11 is 6.09. The van der Waals surface area contributed by atoms with Crippen LogP contribution >= 0.6 is 11.6 Å². The molecule has 296 valence electrons. The van der Waals surface area contributed by atoms with E-state index in [4.69, 9.17) is 21.6 Å². The summed E-state index contributed by atoms with van der Waals surface area (Å²) < 4.78 is 21.2. The molecule has 5 amide bonds. The van der Waals surface area contributed by atoms with Gasteiger partial charge in [-0.3, -0.25) is 39.1 Å². The number of hydrogen-bond acceptors (Lipinski definition) is 12. The zero-order valence-corrected chi connectivity index (χ0v) is 31.9. The van der Waals surface area contributed by atoms with E-state index < -0.39 is 41.4 Å². The van der Waals surface area contributed by atoms with Gasteiger partial charge in [-0.05, 0) is 85.8 Å². The summed E-state index contributed by atoms with van der Waals surface area (Å²) in [5.41, 5.74) is 1.32. The number of nitrogens with zero attached hydrogens (tertiary/aromatic N) is 7. The van der Waals surface area contributed by atoms with E-state index in [1.807, 2.05) is 11.0 Å². The van der Waals surface area contributed by atoms with Gasteiger partial charge in [-0.1, -0.05) is 11.6 Å². The van der Waals surface area contributed by atoms with Gasteiger partial charge in [-0.2, -0.15) is 5.26 Å². The van der Waals surface area contributed by atoms with Crippen LogP contribution in [0.25, 0.3) is 0 Å². The molecule has 8 rings (SSSR count). The van der Waals surface area contributed by atoms with Crippen molar-refractivity contribution >= 4 is 58.3 Å². The van der Waals surface area contributed by atoms with Crippen molar-refractivity contribution in [3.63, 3.8) is 0 Å². The normalized spacial score (nSPS) is 18.8. The molecule has 4 aromatic rings. The lowest BCUT2D eigenvalue weighted by Gasteiger charge is -2.39. The lowest BCUT2D eigenvalue weighted by Crippen LogP contribution is -2.54. The third-order valence-corrected chi connectivity index (χ3v) is 11.3. The second kappa shape index (κ2) is 16.2. The minimum Gasteiger partial charge on any atom is -0.457 e. The maximum Gasteiger partial charge on any atom is 0.276 e. The lowest BCUT2D eigenvalue weighted by atomic mass is 9.96. The highest BCUT2D eigenvalue weighted by Crippen LogP contribution is 2.34. The number of rotatable bonds is 9. The third kappa shape index (κ3) is 7.91. The van der Waals surface area contributed by atoms with E-state index in [9.17, 15) is 24.0 Å². The Kier molecular flexibility index (Phi) is 10.7. The van der Waals surface area contributed by atoms with Crippen LogP contribution in [0.1, 0.15) is 62.5 Å². The first-order valence-electron chi connectivity index (χ1n) is 18.9. The first-order valence-corrected chi connectivity index (χ1v) is 19.3. The molecule has 0 saturated carbocycles. The van der Waals surface area contributed by atoms with Gasteiger partial charge in [0.25, 0.3) is 17.7 Å². The number of benzene rings is 3. The fourth-order valence-corrected chi connectivity index (χ4v) is 8.02. The Morgan fingerprint density at radius 2 is 1.57 bits per heavy atom. The Morgan fingerprint density at radius 3 is 2.22 bits per heavy atom. The topological polar surface area (TPSA) is 181 Å². The Balaban J connectivity index is 0.787. The van der Waals surface area contributed by atoms with Crippen molar-refractivity contribution < 1.29 is 33.1 Å². The molecule has 58 heavy (non-hydrogen) atoms. The molecule has 0 spiro atoms. The standard InChI is InChI=1S/C41H37ClFN9O6/c42-31-19-28(4-1-25(31)22-44)58-27-5-2-26(3-6-27)45-38(54)33-7-9-36(48-47-33)51-13-11-24(12-14-51)23-49-15-17-50(18-16-49)35-21-30-29(20-32(35)43)40(56)52(41(30)57)34-8-10-37(53)46-39(34)55/h1-7,9,19-21,24,34H,8,10-18,23H2,(H,45,54)(H,46,53,55). The Bertz CT molecular complexity index is 2340. The van der Waals surface area contributed by atoms with Crippen molar-refractivity contribution in [3.05, 3.63) is 100.0 Å². The minimum absolute atomic E-state index is 0.00869. The van der Waals surface area contributed by atoms with Crippen LogP contribution < -0.4 is 25.2 Å². The molecular weight excluding hydrogens is 769 g/mol. The fourth-order valence-electron chi connectivity index (χ4n) is 7.81. The summed E-state index contributed by atoms with van der Waals surface area (Å²) in [7, 11) is 0. The van der Waals surface area contributed by atoms with Gasteiger partial charge in [0.05, 0.1) is 27.4 Å². The van der Waals surface area contributed by atoms with Crippen LogP contribution in [-0.4, -0.2) is 101 Å². The van der Waals surface area contributed by atoms with E-state index in [-0.39, 0.29) is 35.3 Å². The van der Waals surface area contributed by atoms with Gasteiger partial charge < -0.3 is 19.9 Å². The number of carbonyl (C=O) groups is 5. The predicted molar refractivity (Wildman–Crippen MR) is 209 cm³/mol. The number of amides is 5. The fraction of sp³-hybridized carbons (Fsp3) is 0.317. The maximum absolute atomic E-state index is 15.4. The third-order valence-electron chi connectivity index (χ3n) is 11.0. The molecule has 2 N–H and O–H groups in total. The second-order valence-corrected chi connectivity index (χ2v) is 15.0. The van der Waals surface area contributed by atoms with Gasteiger partial charge >= 0.3 is 0 Å². The highest BCUT2D eigenvalue weighted by Gasteiger charge is 2.45. The molecule has 3 saturated heterocycles. The molecule has 17 heteroatoms. The second-order valence-electron chi connectivity index (χ2n) is 14.6. The SMILES string of the molecule is N#Cc1ccc(Oc2ccc(NC(=O)c3ccc(N4CCC(CN5CCN(c6cc7c(cc6F)C(=O)N(C6CCC(=O)NC6=O)C7=O)CC5)CC4)nn3)cc2)cc1Cl. The van der Waals surface area contributed by atoms with E-state index in [0.717, 1.165) is 43.4 Å². The molecule has 0 bridgehead atoms. The van der Waals surface area contributed by atoms with E-state index >= 15 is 4.39 Å². The maximum atomic E-state index is 15.4. The predicted octanol–water partition coefficient (Wildman–Crippen LogP) is 4.63. The van der Waals surface area contributed by atoms with Crippen molar-refractivity contribution in [3.8, 4) is 17.6 Å². The monoisotopic (exact) mass is 805 g/mol. The molecule has 3 fully saturated rings. The Morgan fingerprint density at radius 1 is 0.862 bits per heavy atom. The zero-order valence-electron chi connectivity index (χ0n) is 31.1. The lowest BCUT2D eigenvalue weighted by molar-refractivity contribution is -0.136. The van der Waals surface area contributed by atoms with Gasteiger partial charge in [-0.15, -0.1) is 10.2 Å². The highest BCUT2D eigenvalue weighted by molar-refractivity contribution is 6.31. The number of ether oxygens (including phenoxy) is 1. The Labute approximate surface area is 337 Å². The van der Waals surface area contributed by atoms with Crippen LogP contribution in [0.2, 0.25) is 5.02 Å². The summed E-state index contributed by atoms with van der Waals surface area (Å²) in [6.07, 6.45) is 1.93. The van der Waals surface area contributed by atoms with Crippen LogP contribution in [0.4, 0.5) is 21.6 Å².